The SMILES string of the molecule is Cc1ccc(N)c(S(=O)(=O)Cc2c(Cl)c(C)nn2C)c1. The molecule has 108 valence electrons. The van der Waals surface area contributed by atoms with Crippen LogP contribution in [0.3, 0.4) is 0 Å². The van der Waals surface area contributed by atoms with Gasteiger partial charge in [0.15, 0.2) is 9.84 Å². The second-order valence-electron chi connectivity index (χ2n) is 4.77. The summed E-state index contributed by atoms with van der Waals surface area (Å²) in [5, 5.41) is 4.49. The number of sulfone groups is 1. The Labute approximate surface area is 123 Å². The number of anilines is 1. The number of halogens is 1. The van der Waals surface area contributed by atoms with Gasteiger partial charge < -0.3 is 5.73 Å². The van der Waals surface area contributed by atoms with Crippen molar-refractivity contribution in [3.63, 3.8) is 0 Å². The second-order valence-corrected chi connectivity index (χ2v) is 7.11. The highest BCUT2D eigenvalue weighted by molar-refractivity contribution is 7.90. The van der Waals surface area contributed by atoms with E-state index >= 15 is 0 Å². The van der Waals surface area contributed by atoms with E-state index in [1.54, 1.807) is 32.2 Å². The van der Waals surface area contributed by atoms with Gasteiger partial charge in [0, 0.05) is 7.05 Å². The van der Waals surface area contributed by atoms with Crippen LogP contribution in [-0.2, 0) is 22.6 Å². The highest BCUT2D eigenvalue weighted by Gasteiger charge is 2.23. The summed E-state index contributed by atoms with van der Waals surface area (Å²) in [7, 11) is -1.90. The Kier molecular flexibility index (Phi) is 3.80. The zero-order chi connectivity index (χ0) is 15.1. The molecule has 5 nitrogen and oxygen atoms in total. The molecule has 2 rings (SSSR count). The summed E-state index contributed by atoms with van der Waals surface area (Å²) in [6.45, 7) is 3.55. The minimum Gasteiger partial charge on any atom is -0.398 e. The van der Waals surface area contributed by atoms with Gasteiger partial charge in [0.2, 0.25) is 0 Å². The molecule has 7 heteroatoms. The van der Waals surface area contributed by atoms with Gasteiger partial charge in [0.25, 0.3) is 0 Å². The first kappa shape index (κ1) is 14.9. The Morgan fingerprint density at radius 3 is 2.55 bits per heavy atom. The first-order valence-corrected chi connectivity index (χ1v) is 8.02. The summed E-state index contributed by atoms with van der Waals surface area (Å²) in [5.74, 6) is -0.225. The first-order valence-electron chi connectivity index (χ1n) is 5.99. The minimum absolute atomic E-state index is 0.132. The van der Waals surface area contributed by atoms with Crippen molar-refractivity contribution in [2.75, 3.05) is 5.73 Å². The van der Waals surface area contributed by atoms with E-state index in [4.69, 9.17) is 17.3 Å². The fourth-order valence-corrected chi connectivity index (χ4v) is 3.95. The third-order valence-electron chi connectivity index (χ3n) is 3.09. The zero-order valence-electron chi connectivity index (χ0n) is 11.5. The van der Waals surface area contributed by atoms with Crippen molar-refractivity contribution in [2.24, 2.45) is 7.05 Å². The molecule has 0 bridgehead atoms. The molecule has 0 radical (unpaired) electrons. The van der Waals surface area contributed by atoms with Crippen LogP contribution in [0.25, 0.3) is 0 Å². The molecule has 1 aromatic carbocycles. The summed E-state index contributed by atoms with van der Waals surface area (Å²) >= 11 is 6.10. The van der Waals surface area contributed by atoms with Crippen LogP contribution in [0, 0.1) is 13.8 Å². The van der Waals surface area contributed by atoms with E-state index < -0.39 is 9.84 Å². The van der Waals surface area contributed by atoms with E-state index in [1.807, 2.05) is 6.92 Å². The Morgan fingerprint density at radius 1 is 1.35 bits per heavy atom. The van der Waals surface area contributed by atoms with Crippen LogP contribution < -0.4 is 5.73 Å². The molecular formula is C13H16ClN3O2S. The van der Waals surface area contributed by atoms with Crippen LogP contribution in [0.2, 0.25) is 5.02 Å². The van der Waals surface area contributed by atoms with Gasteiger partial charge in [0.05, 0.1) is 32.7 Å². The number of nitrogens with zero attached hydrogens (tertiary/aromatic N) is 2. The molecule has 0 spiro atoms. The molecule has 0 unspecified atom stereocenters. The standard InChI is InChI=1S/C13H16ClN3O2S/c1-8-4-5-10(15)12(6-8)20(18,19)7-11-13(14)9(2)16-17(11)3/h4-6H,7,15H2,1-3H3. The maximum absolute atomic E-state index is 12.5. The number of hydrogen-bond acceptors (Lipinski definition) is 4. The van der Waals surface area contributed by atoms with Gasteiger partial charge in [-0.2, -0.15) is 5.10 Å². The smallest absolute Gasteiger partial charge is 0.186 e. The van der Waals surface area contributed by atoms with E-state index in [1.165, 1.54) is 4.68 Å². The van der Waals surface area contributed by atoms with Crippen molar-refractivity contribution < 1.29 is 8.42 Å². The Bertz CT molecular complexity index is 766. The van der Waals surface area contributed by atoms with Crippen molar-refractivity contribution >= 4 is 27.1 Å². The topological polar surface area (TPSA) is 78.0 Å². The molecule has 0 atom stereocenters. The number of benzene rings is 1. The van der Waals surface area contributed by atoms with Gasteiger partial charge in [0.1, 0.15) is 0 Å². The van der Waals surface area contributed by atoms with Crippen LogP contribution in [0.15, 0.2) is 23.1 Å². The predicted molar refractivity (Wildman–Crippen MR) is 79.4 cm³/mol. The normalized spacial score (nSPS) is 11.8. The molecule has 0 saturated carbocycles. The van der Waals surface area contributed by atoms with Crippen molar-refractivity contribution in [1.82, 2.24) is 9.78 Å². The van der Waals surface area contributed by atoms with Crippen molar-refractivity contribution in [2.45, 2.75) is 24.5 Å². The lowest BCUT2D eigenvalue weighted by atomic mass is 10.2. The first-order chi connectivity index (χ1) is 9.22. The zero-order valence-corrected chi connectivity index (χ0v) is 13.1. The lowest BCUT2D eigenvalue weighted by Crippen LogP contribution is -2.11. The van der Waals surface area contributed by atoms with Crippen LogP contribution >= 0.6 is 11.6 Å². The number of rotatable bonds is 3. The van der Waals surface area contributed by atoms with Crippen molar-refractivity contribution in [3.05, 3.63) is 40.2 Å². The lowest BCUT2D eigenvalue weighted by Gasteiger charge is -2.09. The molecule has 0 saturated heterocycles. The number of nitrogen functional groups attached to an aromatic ring is 1. The van der Waals surface area contributed by atoms with Gasteiger partial charge in [-0.15, -0.1) is 0 Å². The van der Waals surface area contributed by atoms with Crippen LogP contribution in [0.1, 0.15) is 17.0 Å². The molecule has 20 heavy (non-hydrogen) atoms. The van der Waals surface area contributed by atoms with Crippen molar-refractivity contribution in [3.8, 4) is 0 Å². The average Bonchev–Trinajstić information content (AvgIpc) is 2.59. The van der Waals surface area contributed by atoms with E-state index in [9.17, 15) is 8.42 Å². The third kappa shape index (κ3) is 2.66. The molecule has 2 aromatic rings. The predicted octanol–water partition coefficient (Wildman–Crippen LogP) is 2.25. The Hall–Kier alpha value is -1.53. The fourth-order valence-electron chi connectivity index (χ4n) is 2.01. The molecule has 0 fully saturated rings. The highest BCUT2D eigenvalue weighted by atomic mass is 35.5. The summed E-state index contributed by atoms with van der Waals surface area (Å²) in [5.41, 5.74) is 7.93. The van der Waals surface area contributed by atoms with Crippen LogP contribution in [-0.4, -0.2) is 18.2 Å². The van der Waals surface area contributed by atoms with E-state index in [-0.39, 0.29) is 16.3 Å². The largest absolute Gasteiger partial charge is 0.398 e. The molecule has 0 amide bonds. The van der Waals surface area contributed by atoms with E-state index in [0.717, 1.165) is 5.56 Å². The molecule has 0 aliphatic heterocycles. The average molecular weight is 314 g/mol. The maximum Gasteiger partial charge on any atom is 0.186 e. The van der Waals surface area contributed by atoms with Gasteiger partial charge in [-0.25, -0.2) is 8.42 Å². The third-order valence-corrected chi connectivity index (χ3v) is 5.26. The fraction of sp³-hybridized carbons (Fsp3) is 0.308. The van der Waals surface area contributed by atoms with Crippen LogP contribution in [0.4, 0.5) is 5.69 Å². The van der Waals surface area contributed by atoms with Crippen LogP contribution in [0.5, 0.6) is 0 Å². The highest BCUT2D eigenvalue weighted by Crippen LogP contribution is 2.27. The summed E-state index contributed by atoms with van der Waals surface area (Å²) in [6.07, 6.45) is 0. The number of aryl methyl sites for hydroxylation is 3. The van der Waals surface area contributed by atoms with Gasteiger partial charge in [-0.05, 0) is 31.5 Å². The monoisotopic (exact) mass is 313 g/mol. The maximum atomic E-state index is 12.5. The summed E-state index contributed by atoms with van der Waals surface area (Å²) in [6, 6.07) is 4.94. The summed E-state index contributed by atoms with van der Waals surface area (Å²) < 4.78 is 26.5. The number of hydrogen-bond donors (Lipinski definition) is 1. The number of nitrogens with two attached hydrogens (primary N) is 1. The van der Waals surface area contributed by atoms with Gasteiger partial charge in [-0.3, -0.25) is 4.68 Å². The molecule has 0 aliphatic carbocycles. The van der Waals surface area contributed by atoms with Gasteiger partial charge >= 0.3 is 0 Å². The van der Waals surface area contributed by atoms with Gasteiger partial charge in [-0.1, -0.05) is 17.7 Å². The lowest BCUT2D eigenvalue weighted by molar-refractivity contribution is 0.592. The summed E-state index contributed by atoms with van der Waals surface area (Å²) in [4.78, 5) is 0.132. The van der Waals surface area contributed by atoms with E-state index in [0.29, 0.717) is 16.4 Å². The molecule has 0 aliphatic rings. The molecular weight excluding hydrogens is 298 g/mol. The minimum atomic E-state index is -3.57. The second kappa shape index (κ2) is 5.10. The molecule has 2 N–H and O–H groups in total. The van der Waals surface area contributed by atoms with E-state index in [2.05, 4.69) is 5.10 Å². The Morgan fingerprint density at radius 2 is 2.00 bits per heavy atom. The van der Waals surface area contributed by atoms with Crippen molar-refractivity contribution in [1.29, 1.82) is 0 Å². The Balaban J connectivity index is 2.49. The molecule has 1 heterocycles. The quantitative estimate of drug-likeness (QED) is 0.882. The molecule has 1 aromatic heterocycles. The number of aromatic nitrogens is 2.